The number of aryl methyl sites for hydroxylation is 1. The number of carbonyl (C=O) groups excluding carboxylic acids is 1. The Labute approximate surface area is 158 Å². The summed E-state index contributed by atoms with van der Waals surface area (Å²) in [4.78, 5) is 16.5. The maximum Gasteiger partial charge on any atom is 0.260 e. The molecule has 26 heavy (non-hydrogen) atoms. The lowest BCUT2D eigenvalue weighted by atomic mass is 10.1. The van der Waals surface area contributed by atoms with Gasteiger partial charge in [0.1, 0.15) is 11.8 Å². The third-order valence-electron chi connectivity index (χ3n) is 4.50. The Morgan fingerprint density at radius 3 is 2.65 bits per heavy atom. The van der Waals surface area contributed by atoms with Crippen LogP contribution in [0, 0.1) is 18.3 Å². The van der Waals surface area contributed by atoms with Gasteiger partial charge < -0.3 is 14.5 Å². The molecule has 0 saturated carbocycles. The average molecular weight is 370 g/mol. The van der Waals surface area contributed by atoms with E-state index in [-0.39, 0.29) is 12.5 Å². The largest absolute Gasteiger partial charge is 0.482 e. The third-order valence-corrected chi connectivity index (χ3v) is 4.74. The van der Waals surface area contributed by atoms with Crippen LogP contribution in [0.2, 0.25) is 5.02 Å². The standard InChI is InChI=1S/C20H20ClN3O2/c1-15-6-7-17(21)12-18(15)23-8-10-24(11-9-23)20(25)14-26-19-5-3-2-4-16(19)13-22/h2-7,12H,8-11,14H2,1H3. The summed E-state index contributed by atoms with van der Waals surface area (Å²) in [6.45, 7) is 4.77. The van der Waals surface area contributed by atoms with Crippen molar-refractivity contribution < 1.29 is 9.53 Å². The van der Waals surface area contributed by atoms with E-state index in [1.807, 2.05) is 18.2 Å². The minimum absolute atomic E-state index is 0.0606. The molecule has 5 nitrogen and oxygen atoms in total. The highest BCUT2D eigenvalue weighted by atomic mass is 35.5. The first-order chi connectivity index (χ1) is 12.6. The van der Waals surface area contributed by atoms with Crippen LogP contribution in [0.5, 0.6) is 5.75 Å². The van der Waals surface area contributed by atoms with Crippen molar-refractivity contribution in [3.05, 3.63) is 58.6 Å². The van der Waals surface area contributed by atoms with Gasteiger partial charge in [0, 0.05) is 36.9 Å². The highest BCUT2D eigenvalue weighted by molar-refractivity contribution is 6.30. The van der Waals surface area contributed by atoms with E-state index in [0.29, 0.717) is 29.4 Å². The van der Waals surface area contributed by atoms with Crippen LogP contribution in [-0.4, -0.2) is 43.6 Å². The van der Waals surface area contributed by atoms with E-state index in [4.69, 9.17) is 21.6 Å². The molecule has 1 heterocycles. The number of nitriles is 1. The van der Waals surface area contributed by atoms with Crippen molar-refractivity contribution in [2.45, 2.75) is 6.92 Å². The molecule has 1 aliphatic heterocycles. The van der Waals surface area contributed by atoms with E-state index in [1.165, 1.54) is 5.56 Å². The van der Waals surface area contributed by atoms with Gasteiger partial charge in [-0.25, -0.2) is 0 Å². The number of ether oxygens (including phenoxy) is 1. The second-order valence-electron chi connectivity index (χ2n) is 6.20. The van der Waals surface area contributed by atoms with Crippen LogP contribution in [0.4, 0.5) is 5.69 Å². The first-order valence-electron chi connectivity index (χ1n) is 8.49. The predicted molar refractivity (Wildman–Crippen MR) is 102 cm³/mol. The molecule has 1 fully saturated rings. The number of hydrogen-bond acceptors (Lipinski definition) is 4. The second-order valence-corrected chi connectivity index (χ2v) is 6.63. The van der Waals surface area contributed by atoms with E-state index < -0.39 is 0 Å². The molecule has 0 atom stereocenters. The Balaban J connectivity index is 1.55. The number of hydrogen-bond donors (Lipinski definition) is 0. The molecule has 0 bridgehead atoms. The topological polar surface area (TPSA) is 56.6 Å². The maximum atomic E-state index is 12.4. The molecule has 1 saturated heterocycles. The second kappa shape index (κ2) is 8.11. The van der Waals surface area contributed by atoms with Gasteiger partial charge in [-0.3, -0.25) is 4.79 Å². The molecular formula is C20H20ClN3O2. The van der Waals surface area contributed by atoms with E-state index >= 15 is 0 Å². The number of rotatable bonds is 4. The zero-order chi connectivity index (χ0) is 18.5. The van der Waals surface area contributed by atoms with Gasteiger partial charge in [0.05, 0.1) is 5.56 Å². The van der Waals surface area contributed by atoms with Crippen molar-refractivity contribution >= 4 is 23.2 Å². The van der Waals surface area contributed by atoms with Crippen molar-refractivity contribution in [1.29, 1.82) is 5.26 Å². The molecule has 0 aliphatic carbocycles. The highest BCUT2D eigenvalue weighted by Gasteiger charge is 2.22. The van der Waals surface area contributed by atoms with Crippen molar-refractivity contribution in [3.8, 4) is 11.8 Å². The molecule has 2 aromatic carbocycles. The normalized spacial score (nSPS) is 14.0. The summed E-state index contributed by atoms with van der Waals surface area (Å²) in [5.41, 5.74) is 2.72. The molecule has 1 aliphatic rings. The molecule has 134 valence electrons. The Bertz CT molecular complexity index is 839. The van der Waals surface area contributed by atoms with E-state index in [9.17, 15) is 4.79 Å². The number of amides is 1. The fraction of sp³-hybridized carbons (Fsp3) is 0.300. The minimum Gasteiger partial charge on any atom is -0.482 e. The Kier molecular flexibility index (Phi) is 5.65. The van der Waals surface area contributed by atoms with Gasteiger partial charge in [0.25, 0.3) is 5.91 Å². The number of carbonyl (C=O) groups is 1. The van der Waals surface area contributed by atoms with Gasteiger partial charge in [-0.15, -0.1) is 0 Å². The molecule has 6 heteroatoms. The summed E-state index contributed by atoms with van der Waals surface area (Å²) >= 11 is 6.11. The third kappa shape index (κ3) is 4.09. The van der Waals surface area contributed by atoms with Crippen LogP contribution >= 0.6 is 11.6 Å². The van der Waals surface area contributed by atoms with Crippen molar-refractivity contribution in [2.24, 2.45) is 0 Å². The quantitative estimate of drug-likeness (QED) is 0.830. The number of piperazine rings is 1. The molecule has 1 amide bonds. The van der Waals surface area contributed by atoms with E-state index in [0.717, 1.165) is 18.8 Å². The molecule has 0 unspecified atom stereocenters. The smallest absolute Gasteiger partial charge is 0.260 e. The van der Waals surface area contributed by atoms with Crippen LogP contribution in [0.1, 0.15) is 11.1 Å². The van der Waals surface area contributed by atoms with Crippen LogP contribution < -0.4 is 9.64 Å². The van der Waals surface area contributed by atoms with Gasteiger partial charge in [0.2, 0.25) is 0 Å². The molecule has 0 N–H and O–H groups in total. The van der Waals surface area contributed by atoms with Crippen molar-refractivity contribution in [2.75, 3.05) is 37.7 Å². The lowest BCUT2D eigenvalue weighted by molar-refractivity contribution is -0.133. The molecular weight excluding hydrogens is 350 g/mol. The number of benzene rings is 2. The van der Waals surface area contributed by atoms with Gasteiger partial charge in [-0.05, 0) is 36.8 Å². The van der Waals surface area contributed by atoms with Gasteiger partial charge in [-0.1, -0.05) is 29.8 Å². The van der Waals surface area contributed by atoms with E-state index in [1.54, 1.807) is 29.2 Å². The average Bonchev–Trinajstić information content (AvgIpc) is 2.68. The lowest BCUT2D eigenvalue weighted by Gasteiger charge is -2.36. The minimum atomic E-state index is -0.0693. The fourth-order valence-electron chi connectivity index (χ4n) is 3.04. The molecule has 0 radical (unpaired) electrons. The van der Waals surface area contributed by atoms with Gasteiger partial charge in [-0.2, -0.15) is 5.26 Å². The number of nitrogens with zero attached hydrogens (tertiary/aromatic N) is 3. The molecule has 0 spiro atoms. The summed E-state index contributed by atoms with van der Waals surface area (Å²) in [6, 6.07) is 14.9. The molecule has 3 rings (SSSR count). The summed E-state index contributed by atoms with van der Waals surface area (Å²) in [5.74, 6) is 0.372. The SMILES string of the molecule is Cc1ccc(Cl)cc1N1CCN(C(=O)COc2ccccc2C#N)CC1. The van der Waals surface area contributed by atoms with Crippen LogP contribution in [0.15, 0.2) is 42.5 Å². The first-order valence-corrected chi connectivity index (χ1v) is 8.87. The van der Waals surface area contributed by atoms with Crippen LogP contribution in [-0.2, 0) is 4.79 Å². The van der Waals surface area contributed by atoms with Crippen molar-refractivity contribution in [3.63, 3.8) is 0 Å². The first kappa shape index (κ1) is 18.1. The van der Waals surface area contributed by atoms with Crippen LogP contribution in [0.25, 0.3) is 0 Å². The Morgan fingerprint density at radius 1 is 1.19 bits per heavy atom. The predicted octanol–water partition coefficient (Wildman–Crippen LogP) is 3.25. The lowest BCUT2D eigenvalue weighted by Crippen LogP contribution is -2.50. The summed E-state index contributed by atoms with van der Waals surface area (Å²) in [5, 5.41) is 9.79. The van der Waals surface area contributed by atoms with Gasteiger partial charge >= 0.3 is 0 Å². The Hall–Kier alpha value is -2.71. The zero-order valence-corrected chi connectivity index (χ0v) is 15.4. The number of anilines is 1. The number of para-hydroxylation sites is 1. The van der Waals surface area contributed by atoms with Gasteiger partial charge in [0.15, 0.2) is 6.61 Å². The van der Waals surface area contributed by atoms with E-state index in [2.05, 4.69) is 17.9 Å². The highest BCUT2D eigenvalue weighted by Crippen LogP contribution is 2.25. The number of halogens is 1. The molecule has 0 aromatic heterocycles. The Morgan fingerprint density at radius 2 is 1.92 bits per heavy atom. The zero-order valence-electron chi connectivity index (χ0n) is 14.6. The summed E-state index contributed by atoms with van der Waals surface area (Å²) in [7, 11) is 0. The summed E-state index contributed by atoms with van der Waals surface area (Å²) in [6.07, 6.45) is 0. The van der Waals surface area contributed by atoms with Crippen LogP contribution in [0.3, 0.4) is 0 Å². The maximum absolute atomic E-state index is 12.4. The molecule has 2 aromatic rings. The summed E-state index contributed by atoms with van der Waals surface area (Å²) < 4.78 is 5.54. The monoisotopic (exact) mass is 369 g/mol. The van der Waals surface area contributed by atoms with Crippen molar-refractivity contribution in [1.82, 2.24) is 4.90 Å². The fourth-order valence-corrected chi connectivity index (χ4v) is 3.20.